The number of aliphatic hydroxyl groups is 1. The molecule has 134 valence electrons. The van der Waals surface area contributed by atoms with Gasteiger partial charge in [0, 0.05) is 24.4 Å². The second kappa shape index (κ2) is 6.34. The first-order chi connectivity index (χ1) is 12.6. The molecular weight excluding hydrogens is 346 g/mol. The Balaban J connectivity index is 1.68. The number of anilines is 1. The minimum Gasteiger partial charge on any atom is -0.487 e. The topological polar surface area (TPSA) is 88.8 Å². The minimum absolute atomic E-state index is 0.00113. The van der Waals surface area contributed by atoms with E-state index in [1.165, 1.54) is 29.0 Å². The van der Waals surface area contributed by atoms with Gasteiger partial charge in [-0.15, -0.1) is 0 Å². The molecule has 0 saturated carbocycles. The molecule has 3 aromatic rings. The highest BCUT2D eigenvalue weighted by atomic mass is 19.3. The number of fused-ring (bicyclic) bond motifs is 2. The van der Waals surface area contributed by atoms with Crippen LogP contribution in [0.2, 0.25) is 0 Å². The van der Waals surface area contributed by atoms with Gasteiger partial charge in [-0.05, 0) is 23.8 Å². The third-order valence-electron chi connectivity index (χ3n) is 4.18. The molecule has 3 heterocycles. The van der Waals surface area contributed by atoms with E-state index in [1.54, 1.807) is 12.3 Å². The van der Waals surface area contributed by atoms with Gasteiger partial charge in [0.25, 0.3) is 12.3 Å². The number of carbonyl (C=O) groups excluding carboxylic acids is 1. The minimum atomic E-state index is -2.80. The molecule has 1 aliphatic rings. The van der Waals surface area contributed by atoms with Gasteiger partial charge in [0.05, 0.1) is 18.5 Å². The number of rotatable bonds is 4. The van der Waals surface area contributed by atoms with Crippen LogP contribution in [0.4, 0.5) is 14.5 Å². The summed E-state index contributed by atoms with van der Waals surface area (Å²) in [7, 11) is 0. The van der Waals surface area contributed by atoms with Crippen molar-refractivity contribution >= 4 is 17.2 Å². The lowest BCUT2D eigenvalue weighted by Gasteiger charge is -2.12. The van der Waals surface area contributed by atoms with E-state index in [0.717, 1.165) is 0 Å². The van der Waals surface area contributed by atoms with Crippen LogP contribution in [0.1, 0.15) is 27.9 Å². The van der Waals surface area contributed by atoms with Crippen LogP contribution >= 0.6 is 0 Å². The molecule has 1 aliphatic heterocycles. The Hall–Kier alpha value is -3.07. The average molecular weight is 360 g/mol. The van der Waals surface area contributed by atoms with Crippen molar-refractivity contribution in [3.63, 3.8) is 0 Å². The van der Waals surface area contributed by atoms with Crippen molar-refractivity contribution in [2.75, 3.05) is 11.9 Å². The number of halogens is 2. The third kappa shape index (κ3) is 2.76. The van der Waals surface area contributed by atoms with Gasteiger partial charge < -0.3 is 15.2 Å². The van der Waals surface area contributed by atoms with Gasteiger partial charge in [0.1, 0.15) is 17.4 Å². The second-order valence-corrected chi connectivity index (χ2v) is 5.87. The lowest BCUT2D eigenvalue weighted by molar-refractivity contribution is 0.102. The fourth-order valence-corrected chi connectivity index (χ4v) is 2.94. The van der Waals surface area contributed by atoms with Crippen LogP contribution in [0.5, 0.6) is 5.75 Å². The first-order valence-electron chi connectivity index (χ1n) is 7.89. The van der Waals surface area contributed by atoms with Crippen molar-refractivity contribution in [1.29, 1.82) is 0 Å². The van der Waals surface area contributed by atoms with Gasteiger partial charge >= 0.3 is 0 Å². The maximum absolute atomic E-state index is 13.4. The highest BCUT2D eigenvalue weighted by Gasteiger charge is 2.27. The van der Waals surface area contributed by atoms with Crippen molar-refractivity contribution < 1.29 is 23.4 Å². The smallest absolute Gasteiger partial charge is 0.265 e. The Bertz CT molecular complexity index is 989. The molecule has 0 aliphatic carbocycles. The summed E-state index contributed by atoms with van der Waals surface area (Å²) in [5, 5.41) is 15.7. The maximum atomic E-state index is 13.4. The van der Waals surface area contributed by atoms with E-state index in [0.29, 0.717) is 23.4 Å². The van der Waals surface area contributed by atoms with Gasteiger partial charge in [-0.2, -0.15) is 5.10 Å². The van der Waals surface area contributed by atoms with Crippen LogP contribution in [0, 0.1) is 0 Å². The lowest BCUT2D eigenvalue weighted by Crippen LogP contribution is -2.17. The molecule has 7 nitrogen and oxygen atoms in total. The molecule has 0 bridgehead atoms. The molecule has 1 aromatic carbocycles. The molecule has 1 amide bonds. The van der Waals surface area contributed by atoms with Crippen molar-refractivity contribution in [3.05, 3.63) is 53.5 Å². The largest absolute Gasteiger partial charge is 0.487 e. The van der Waals surface area contributed by atoms with Crippen LogP contribution in [-0.4, -0.2) is 38.3 Å². The molecule has 1 unspecified atom stereocenters. The van der Waals surface area contributed by atoms with E-state index in [-0.39, 0.29) is 23.4 Å². The van der Waals surface area contributed by atoms with E-state index >= 15 is 0 Å². The molecule has 1 atom stereocenters. The Morgan fingerprint density at radius 2 is 2.31 bits per heavy atom. The number of aromatic nitrogens is 3. The Labute approximate surface area is 146 Å². The van der Waals surface area contributed by atoms with Gasteiger partial charge in [-0.25, -0.2) is 18.3 Å². The monoisotopic (exact) mass is 360 g/mol. The predicted octanol–water partition coefficient (Wildman–Crippen LogP) is 2.21. The summed E-state index contributed by atoms with van der Waals surface area (Å²) in [5.41, 5.74) is 0.812. The van der Waals surface area contributed by atoms with Gasteiger partial charge in [-0.1, -0.05) is 0 Å². The molecule has 0 radical (unpaired) electrons. The molecular formula is C17H14F2N4O3. The van der Waals surface area contributed by atoms with Gasteiger partial charge in [-0.3, -0.25) is 4.79 Å². The van der Waals surface area contributed by atoms with Crippen molar-refractivity contribution in [3.8, 4) is 5.75 Å². The summed E-state index contributed by atoms with van der Waals surface area (Å²) >= 11 is 0. The summed E-state index contributed by atoms with van der Waals surface area (Å²) in [5.74, 6) is -0.284. The number of carbonyl (C=O) groups is 1. The summed E-state index contributed by atoms with van der Waals surface area (Å²) in [6.07, 6.45) is 1.60. The zero-order chi connectivity index (χ0) is 18.3. The first-order valence-corrected chi connectivity index (χ1v) is 7.89. The van der Waals surface area contributed by atoms with Crippen molar-refractivity contribution in [2.24, 2.45) is 0 Å². The predicted molar refractivity (Wildman–Crippen MR) is 87.5 cm³/mol. The molecule has 26 heavy (non-hydrogen) atoms. The average Bonchev–Trinajstić information content (AvgIpc) is 3.24. The molecule has 2 N–H and O–H groups in total. The summed E-state index contributed by atoms with van der Waals surface area (Å²) in [6, 6.07) is 4.33. The van der Waals surface area contributed by atoms with E-state index in [1.807, 2.05) is 0 Å². The Morgan fingerprint density at radius 1 is 1.46 bits per heavy atom. The van der Waals surface area contributed by atoms with Crippen LogP contribution in [0.25, 0.3) is 5.65 Å². The second-order valence-electron chi connectivity index (χ2n) is 5.87. The SMILES string of the molecule is O=C(Nc1cc2c(cc1C(F)F)OC(CO)C2)c1cnn2cccnc12. The highest BCUT2D eigenvalue weighted by molar-refractivity contribution is 6.08. The van der Waals surface area contributed by atoms with Gasteiger partial charge in [0.15, 0.2) is 5.65 Å². The van der Waals surface area contributed by atoms with E-state index in [2.05, 4.69) is 15.4 Å². The van der Waals surface area contributed by atoms with Crippen LogP contribution in [0.15, 0.2) is 36.8 Å². The van der Waals surface area contributed by atoms with E-state index in [4.69, 9.17) is 4.74 Å². The molecule has 2 aromatic heterocycles. The zero-order valence-corrected chi connectivity index (χ0v) is 13.4. The number of alkyl halides is 2. The van der Waals surface area contributed by atoms with E-state index in [9.17, 15) is 18.7 Å². The quantitative estimate of drug-likeness (QED) is 0.745. The normalized spacial score (nSPS) is 15.9. The molecule has 0 spiro atoms. The fraction of sp³-hybridized carbons (Fsp3) is 0.235. The fourth-order valence-electron chi connectivity index (χ4n) is 2.94. The third-order valence-corrected chi connectivity index (χ3v) is 4.18. The number of hydrogen-bond acceptors (Lipinski definition) is 5. The summed E-state index contributed by atoms with van der Waals surface area (Å²) in [4.78, 5) is 16.6. The molecule has 4 rings (SSSR count). The molecule has 0 saturated heterocycles. The summed E-state index contributed by atoms with van der Waals surface area (Å²) in [6.45, 7) is -0.214. The first kappa shape index (κ1) is 16.4. The van der Waals surface area contributed by atoms with Crippen molar-refractivity contribution in [2.45, 2.75) is 19.0 Å². The number of hydrogen-bond donors (Lipinski definition) is 2. The highest BCUT2D eigenvalue weighted by Crippen LogP contribution is 2.38. The number of benzene rings is 1. The van der Waals surface area contributed by atoms with Gasteiger partial charge in [0.2, 0.25) is 0 Å². The summed E-state index contributed by atoms with van der Waals surface area (Å²) < 4.78 is 33.7. The Kier molecular flexibility index (Phi) is 4.00. The number of nitrogens with zero attached hydrogens (tertiary/aromatic N) is 3. The standard InChI is InChI=1S/C17H14F2N4O3/c18-15(19)11-6-14-9(4-10(8-24)26-14)5-13(11)22-17(25)12-7-21-23-3-1-2-20-16(12)23/h1-3,5-7,10,15,24H,4,8H2,(H,22,25). The lowest BCUT2D eigenvalue weighted by atomic mass is 10.0. The van der Waals surface area contributed by atoms with Crippen molar-refractivity contribution in [1.82, 2.24) is 14.6 Å². The number of amides is 1. The maximum Gasteiger partial charge on any atom is 0.265 e. The van der Waals surface area contributed by atoms with Crippen LogP contribution in [-0.2, 0) is 6.42 Å². The number of ether oxygens (including phenoxy) is 1. The number of nitrogens with one attached hydrogen (secondary N) is 1. The van der Waals surface area contributed by atoms with Crippen LogP contribution in [0.3, 0.4) is 0 Å². The zero-order valence-electron chi connectivity index (χ0n) is 13.4. The Morgan fingerprint density at radius 3 is 3.08 bits per heavy atom. The number of aliphatic hydroxyl groups excluding tert-OH is 1. The molecule has 0 fully saturated rings. The van der Waals surface area contributed by atoms with Crippen LogP contribution < -0.4 is 10.1 Å². The molecule has 9 heteroatoms. The van der Waals surface area contributed by atoms with E-state index < -0.39 is 18.4 Å².